The van der Waals surface area contributed by atoms with Crippen molar-refractivity contribution < 1.29 is 4.79 Å². The molecular formula is C19H21ClN2O. The van der Waals surface area contributed by atoms with Gasteiger partial charge in [0.2, 0.25) is 5.91 Å². The van der Waals surface area contributed by atoms with E-state index in [4.69, 9.17) is 11.6 Å². The number of nitrogens with zero attached hydrogens (tertiary/aromatic N) is 1. The van der Waals surface area contributed by atoms with E-state index in [0.717, 1.165) is 33.9 Å². The summed E-state index contributed by atoms with van der Waals surface area (Å²) >= 11 is 6.22. The molecule has 0 heterocycles. The molecule has 1 aliphatic rings. The Kier molecular flexibility index (Phi) is 4.31. The highest BCUT2D eigenvalue weighted by Crippen LogP contribution is 2.50. The highest BCUT2D eigenvalue weighted by atomic mass is 35.5. The van der Waals surface area contributed by atoms with E-state index in [1.54, 1.807) is 0 Å². The van der Waals surface area contributed by atoms with E-state index >= 15 is 0 Å². The van der Waals surface area contributed by atoms with E-state index in [-0.39, 0.29) is 17.7 Å². The second-order valence-electron chi connectivity index (χ2n) is 6.36. The lowest BCUT2D eigenvalue weighted by Gasteiger charge is -2.16. The van der Waals surface area contributed by atoms with Gasteiger partial charge in [-0.3, -0.25) is 4.79 Å². The molecule has 23 heavy (non-hydrogen) atoms. The minimum absolute atomic E-state index is 0.0173. The van der Waals surface area contributed by atoms with Gasteiger partial charge in [0.25, 0.3) is 0 Å². The van der Waals surface area contributed by atoms with Gasteiger partial charge in [0, 0.05) is 36.4 Å². The van der Waals surface area contributed by atoms with Crippen LogP contribution in [0.2, 0.25) is 5.02 Å². The quantitative estimate of drug-likeness (QED) is 0.898. The number of anilines is 2. The average Bonchev–Trinajstić information content (AvgIpc) is 3.28. The van der Waals surface area contributed by atoms with Gasteiger partial charge < -0.3 is 10.2 Å². The van der Waals surface area contributed by atoms with Gasteiger partial charge in [-0.2, -0.15) is 0 Å². The van der Waals surface area contributed by atoms with Crippen LogP contribution in [0.4, 0.5) is 11.4 Å². The largest absolute Gasteiger partial charge is 0.377 e. The van der Waals surface area contributed by atoms with E-state index in [0.29, 0.717) is 0 Å². The van der Waals surface area contributed by atoms with Crippen LogP contribution in [-0.2, 0) is 4.79 Å². The summed E-state index contributed by atoms with van der Waals surface area (Å²) in [5, 5.41) is 3.78. The average molecular weight is 329 g/mol. The maximum absolute atomic E-state index is 12.4. The van der Waals surface area contributed by atoms with E-state index < -0.39 is 0 Å². The van der Waals surface area contributed by atoms with Crippen LogP contribution in [0.3, 0.4) is 0 Å². The van der Waals surface area contributed by atoms with Crippen molar-refractivity contribution in [1.82, 2.24) is 0 Å². The van der Waals surface area contributed by atoms with E-state index in [1.165, 1.54) is 0 Å². The van der Waals surface area contributed by atoms with Crippen molar-refractivity contribution in [2.75, 3.05) is 24.3 Å². The van der Waals surface area contributed by atoms with Gasteiger partial charge in [-0.1, -0.05) is 29.8 Å². The molecule has 120 valence electrons. The molecule has 1 aliphatic carbocycles. The van der Waals surface area contributed by atoms with Crippen LogP contribution in [-0.4, -0.2) is 20.0 Å². The minimum atomic E-state index is 0.0173. The fourth-order valence-corrected chi connectivity index (χ4v) is 3.35. The molecule has 2 atom stereocenters. The molecule has 0 aromatic heterocycles. The molecular weight excluding hydrogens is 308 g/mol. The summed E-state index contributed by atoms with van der Waals surface area (Å²) < 4.78 is 0. The van der Waals surface area contributed by atoms with E-state index in [9.17, 15) is 4.79 Å². The lowest BCUT2D eigenvalue weighted by molar-refractivity contribution is -0.117. The number of aryl methyl sites for hydroxylation is 1. The molecule has 3 nitrogen and oxygen atoms in total. The van der Waals surface area contributed by atoms with Crippen molar-refractivity contribution in [2.45, 2.75) is 19.3 Å². The van der Waals surface area contributed by atoms with E-state index in [1.807, 2.05) is 56.6 Å². The standard InChI is InChI=1S/C19H21ClN2O/c1-12-10-13(8-9-18(12)22(2)3)21-19(23)16-11-15(16)14-6-4-5-7-17(14)20/h4-10,15-16H,11H2,1-3H3,(H,21,23). The monoisotopic (exact) mass is 328 g/mol. The van der Waals surface area contributed by atoms with Crippen molar-refractivity contribution >= 4 is 28.9 Å². The second kappa shape index (κ2) is 6.25. The molecule has 0 radical (unpaired) electrons. The zero-order chi connectivity index (χ0) is 16.6. The molecule has 0 saturated heterocycles. The van der Waals surface area contributed by atoms with Crippen LogP contribution >= 0.6 is 11.6 Å². The molecule has 2 aromatic rings. The summed E-state index contributed by atoms with van der Waals surface area (Å²) in [4.78, 5) is 14.5. The number of hydrogen-bond donors (Lipinski definition) is 1. The molecule has 1 saturated carbocycles. The van der Waals surface area contributed by atoms with Crippen LogP contribution in [0.25, 0.3) is 0 Å². The molecule has 3 rings (SSSR count). The minimum Gasteiger partial charge on any atom is -0.377 e. The van der Waals surface area contributed by atoms with Gasteiger partial charge in [-0.25, -0.2) is 0 Å². The summed E-state index contributed by atoms with van der Waals surface area (Å²) in [6, 6.07) is 13.8. The highest BCUT2D eigenvalue weighted by Gasteiger charge is 2.44. The molecule has 0 aliphatic heterocycles. The summed E-state index contributed by atoms with van der Waals surface area (Å²) in [6.45, 7) is 2.05. The number of halogens is 1. The summed E-state index contributed by atoms with van der Waals surface area (Å²) in [6.07, 6.45) is 0.865. The third-order valence-corrected chi connectivity index (χ3v) is 4.72. The molecule has 2 aromatic carbocycles. The molecule has 2 unspecified atom stereocenters. The fourth-order valence-electron chi connectivity index (χ4n) is 3.07. The second-order valence-corrected chi connectivity index (χ2v) is 6.76. The van der Waals surface area contributed by atoms with Gasteiger partial charge in [-0.15, -0.1) is 0 Å². The predicted molar refractivity (Wildman–Crippen MR) is 96.4 cm³/mol. The number of amides is 1. The number of nitrogens with one attached hydrogen (secondary N) is 1. The lowest BCUT2D eigenvalue weighted by Crippen LogP contribution is -2.15. The van der Waals surface area contributed by atoms with Crippen molar-refractivity contribution in [3.63, 3.8) is 0 Å². The Labute approximate surface area is 142 Å². The van der Waals surface area contributed by atoms with Crippen LogP contribution in [0.15, 0.2) is 42.5 Å². The first-order chi connectivity index (χ1) is 11.0. The zero-order valence-corrected chi connectivity index (χ0v) is 14.4. The Morgan fingerprint density at radius 3 is 2.61 bits per heavy atom. The Morgan fingerprint density at radius 1 is 1.22 bits per heavy atom. The zero-order valence-electron chi connectivity index (χ0n) is 13.6. The van der Waals surface area contributed by atoms with Crippen molar-refractivity contribution in [3.05, 3.63) is 58.6 Å². The summed E-state index contributed by atoms with van der Waals surface area (Å²) in [5.41, 5.74) is 4.23. The lowest BCUT2D eigenvalue weighted by atomic mass is 10.1. The fraction of sp³-hybridized carbons (Fsp3) is 0.316. The number of hydrogen-bond acceptors (Lipinski definition) is 2. The predicted octanol–water partition coefficient (Wildman–Crippen LogP) is 4.46. The maximum atomic E-state index is 12.4. The molecule has 1 fully saturated rings. The van der Waals surface area contributed by atoms with Crippen molar-refractivity contribution in [2.24, 2.45) is 5.92 Å². The normalized spacial score (nSPS) is 19.3. The molecule has 0 spiro atoms. The summed E-state index contributed by atoms with van der Waals surface area (Å²) in [5.74, 6) is 0.335. The van der Waals surface area contributed by atoms with Crippen LogP contribution in [0, 0.1) is 12.8 Å². The van der Waals surface area contributed by atoms with Gasteiger partial charge >= 0.3 is 0 Å². The number of carbonyl (C=O) groups excluding carboxylic acids is 1. The molecule has 1 N–H and O–H groups in total. The molecule has 4 heteroatoms. The van der Waals surface area contributed by atoms with Crippen LogP contribution in [0.5, 0.6) is 0 Å². The first-order valence-electron chi connectivity index (χ1n) is 7.80. The number of benzene rings is 2. The number of carbonyl (C=O) groups is 1. The van der Waals surface area contributed by atoms with Gasteiger partial charge in [0.15, 0.2) is 0 Å². The third-order valence-electron chi connectivity index (χ3n) is 4.38. The van der Waals surface area contributed by atoms with Crippen LogP contribution < -0.4 is 10.2 Å². The Bertz CT molecular complexity index is 742. The van der Waals surface area contributed by atoms with Gasteiger partial charge in [0.1, 0.15) is 0 Å². The van der Waals surface area contributed by atoms with Crippen molar-refractivity contribution in [3.8, 4) is 0 Å². The first kappa shape index (κ1) is 15.9. The van der Waals surface area contributed by atoms with Gasteiger partial charge in [-0.05, 0) is 54.7 Å². The summed E-state index contributed by atoms with van der Waals surface area (Å²) in [7, 11) is 4.03. The SMILES string of the molecule is Cc1cc(NC(=O)C2CC2c2ccccc2Cl)ccc1N(C)C. The van der Waals surface area contributed by atoms with Crippen molar-refractivity contribution in [1.29, 1.82) is 0 Å². The van der Waals surface area contributed by atoms with Gasteiger partial charge in [0.05, 0.1) is 0 Å². The van der Waals surface area contributed by atoms with Crippen LogP contribution in [0.1, 0.15) is 23.5 Å². The first-order valence-corrected chi connectivity index (χ1v) is 8.18. The third kappa shape index (κ3) is 3.35. The smallest absolute Gasteiger partial charge is 0.228 e. The molecule has 1 amide bonds. The number of rotatable bonds is 4. The Morgan fingerprint density at radius 2 is 1.96 bits per heavy atom. The highest BCUT2D eigenvalue weighted by molar-refractivity contribution is 6.31. The topological polar surface area (TPSA) is 32.3 Å². The maximum Gasteiger partial charge on any atom is 0.228 e. The Balaban J connectivity index is 1.67. The Hall–Kier alpha value is -2.00. The van der Waals surface area contributed by atoms with E-state index in [2.05, 4.69) is 17.1 Å². The molecule has 0 bridgehead atoms.